The van der Waals surface area contributed by atoms with Gasteiger partial charge in [-0.1, -0.05) is 0 Å². The zero-order chi connectivity index (χ0) is 18.1. The molecule has 2 N–H and O–H groups in total. The summed E-state index contributed by atoms with van der Waals surface area (Å²) in [5.41, 5.74) is 6.70. The van der Waals surface area contributed by atoms with Crippen molar-refractivity contribution in [3.63, 3.8) is 0 Å². The molecule has 0 saturated carbocycles. The SMILES string of the molecule is CC(=O)N1CCN(C(=O)c2ccc3oc(C)cc3c2)C[C@H](C(N)=O)C1. The molecule has 3 rings (SSSR count). The molecule has 1 aromatic heterocycles. The van der Waals surface area contributed by atoms with E-state index in [-0.39, 0.29) is 24.9 Å². The number of fused-ring (bicyclic) bond motifs is 1. The summed E-state index contributed by atoms with van der Waals surface area (Å²) < 4.78 is 5.53. The van der Waals surface area contributed by atoms with E-state index in [4.69, 9.17) is 10.2 Å². The molecule has 1 aliphatic heterocycles. The van der Waals surface area contributed by atoms with Crippen LogP contribution in [0.3, 0.4) is 0 Å². The van der Waals surface area contributed by atoms with E-state index in [1.165, 1.54) is 6.92 Å². The number of carbonyl (C=O) groups is 3. The van der Waals surface area contributed by atoms with Crippen LogP contribution in [0.15, 0.2) is 28.7 Å². The highest BCUT2D eigenvalue weighted by molar-refractivity contribution is 5.98. The molecule has 1 aliphatic rings. The Morgan fingerprint density at radius 1 is 1.12 bits per heavy atom. The molecule has 7 heteroatoms. The molecule has 0 spiro atoms. The normalized spacial score (nSPS) is 18.2. The molecule has 1 saturated heterocycles. The molecule has 1 atom stereocenters. The Morgan fingerprint density at radius 2 is 1.80 bits per heavy atom. The van der Waals surface area contributed by atoms with Gasteiger partial charge in [0, 0.05) is 44.1 Å². The quantitative estimate of drug-likeness (QED) is 0.884. The van der Waals surface area contributed by atoms with E-state index in [2.05, 4.69) is 0 Å². The number of furan rings is 1. The number of aryl methyl sites for hydroxylation is 1. The molecule has 0 radical (unpaired) electrons. The maximum Gasteiger partial charge on any atom is 0.253 e. The summed E-state index contributed by atoms with van der Waals surface area (Å²) in [6.07, 6.45) is 0. The lowest BCUT2D eigenvalue weighted by Crippen LogP contribution is -2.40. The van der Waals surface area contributed by atoms with Crippen molar-refractivity contribution in [2.24, 2.45) is 11.7 Å². The van der Waals surface area contributed by atoms with Crippen LogP contribution in [0.1, 0.15) is 23.0 Å². The summed E-state index contributed by atoms with van der Waals surface area (Å²) in [7, 11) is 0. The molecular formula is C18H21N3O4. The highest BCUT2D eigenvalue weighted by Gasteiger charge is 2.30. The summed E-state index contributed by atoms with van der Waals surface area (Å²) in [5, 5.41) is 0.856. The minimum atomic E-state index is -0.574. The number of primary amides is 1. The molecular weight excluding hydrogens is 322 g/mol. The minimum Gasteiger partial charge on any atom is -0.461 e. The Labute approximate surface area is 145 Å². The number of nitrogens with two attached hydrogens (primary N) is 1. The van der Waals surface area contributed by atoms with Crippen molar-refractivity contribution >= 4 is 28.7 Å². The van der Waals surface area contributed by atoms with Gasteiger partial charge in [-0.05, 0) is 31.2 Å². The third-order valence-corrected chi connectivity index (χ3v) is 4.54. The van der Waals surface area contributed by atoms with Crippen LogP contribution in [0.4, 0.5) is 0 Å². The van der Waals surface area contributed by atoms with Gasteiger partial charge in [-0.3, -0.25) is 14.4 Å². The van der Waals surface area contributed by atoms with Crippen LogP contribution in [0.25, 0.3) is 11.0 Å². The number of carbonyl (C=O) groups excluding carboxylic acids is 3. The van der Waals surface area contributed by atoms with E-state index in [0.717, 1.165) is 16.7 Å². The summed E-state index contributed by atoms with van der Waals surface area (Å²) >= 11 is 0. The molecule has 2 aromatic rings. The molecule has 1 fully saturated rings. The van der Waals surface area contributed by atoms with Gasteiger partial charge in [-0.2, -0.15) is 0 Å². The summed E-state index contributed by atoms with van der Waals surface area (Å²) in [4.78, 5) is 39.4. The van der Waals surface area contributed by atoms with E-state index in [0.29, 0.717) is 18.7 Å². The van der Waals surface area contributed by atoms with E-state index in [1.807, 2.05) is 13.0 Å². The lowest BCUT2D eigenvalue weighted by atomic mass is 10.1. The molecule has 132 valence electrons. The van der Waals surface area contributed by atoms with Crippen LogP contribution in [0, 0.1) is 12.8 Å². The van der Waals surface area contributed by atoms with Gasteiger partial charge in [0.15, 0.2) is 0 Å². The Kier molecular flexibility index (Phi) is 4.48. The van der Waals surface area contributed by atoms with Crippen LogP contribution in [-0.4, -0.2) is 53.7 Å². The lowest BCUT2D eigenvalue weighted by molar-refractivity contribution is -0.130. The predicted molar refractivity (Wildman–Crippen MR) is 91.8 cm³/mol. The Hall–Kier alpha value is -2.83. The predicted octanol–water partition coefficient (Wildman–Crippen LogP) is 1.15. The molecule has 25 heavy (non-hydrogen) atoms. The lowest BCUT2D eigenvalue weighted by Gasteiger charge is -2.22. The van der Waals surface area contributed by atoms with E-state index in [9.17, 15) is 14.4 Å². The third-order valence-electron chi connectivity index (χ3n) is 4.54. The molecule has 0 bridgehead atoms. The van der Waals surface area contributed by atoms with Gasteiger partial charge >= 0.3 is 0 Å². The summed E-state index contributed by atoms with van der Waals surface area (Å²) in [6, 6.07) is 7.13. The summed E-state index contributed by atoms with van der Waals surface area (Å²) in [6.45, 7) is 4.51. The van der Waals surface area contributed by atoms with Crippen LogP contribution in [-0.2, 0) is 9.59 Å². The second-order valence-electron chi connectivity index (χ2n) is 6.43. The largest absolute Gasteiger partial charge is 0.461 e. The van der Waals surface area contributed by atoms with Crippen molar-refractivity contribution in [2.75, 3.05) is 26.2 Å². The van der Waals surface area contributed by atoms with Crippen molar-refractivity contribution in [3.05, 3.63) is 35.6 Å². The molecule has 1 aromatic carbocycles. The number of benzene rings is 1. The van der Waals surface area contributed by atoms with Crippen molar-refractivity contribution in [1.82, 2.24) is 9.80 Å². The number of amides is 3. The van der Waals surface area contributed by atoms with Crippen molar-refractivity contribution in [2.45, 2.75) is 13.8 Å². The fourth-order valence-corrected chi connectivity index (χ4v) is 3.16. The van der Waals surface area contributed by atoms with Crippen molar-refractivity contribution in [3.8, 4) is 0 Å². The molecule has 0 unspecified atom stereocenters. The first-order valence-corrected chi connectivity index (χ1v) is 8.19. The van der Waals surface area contributed by atoms with Crippen molar-refractivity contribution < 1.29 is 18.8 Å². The van der Waals surface area contributed by atoms with Crippen LogP contribution in [0.2, 0.25) is 0 Å². The number of rotatable bonds is 2. The van der Waals surface area contributed by atoms with Gasteiger partial charge in [0.05, 0.1) is 5.92 Å². The van der Waals surface area contributed by atoms with Gasteiger partial charge in [-0.15, -0.1) is 0 Å². The molecule has 7 nitrogen and oxygen atoms in total. The Balaban J connectivity index is 1.85. The zero-order valence-electron chi connectivity index (χ0n) is 14.3. The number of hydrogen-bond acceptors (Lipinski definition) is 4. The van der Waals surface area contributed by atoms with Gasteiger partial charge in [0.2, 0.25) is 11.8 Å². The Morgan fingerprint density at radius 3 is 2.48 bits per heavy atom. The monoisotopic (exact) mass is 343 g/mol. The molecule has 2 heterocycles. The molecule has 3 amide bonds. The topological polar surface area (TPSA) is 96.8 Å². The van der Waals surface area contributed by atoms with Crippen molar-refractivity contribution in [1.29, 1.82) is 0 Å². The average molecular weight is 343 g/mol. The van der Waals surface area contributed by atoms with Crippen LogP contribution >= 0.6 is 0 Å². The maximum absolute atomic E-state index is 12.9. The maximum atomic E-state index is 12.9. The van der Waals surface area contributed by atoms with Gasteiger partial charge < -0.3 is 20.0 Å². The number of nitrogens with zero attached hydrogens (tertiary/aromatic N) is 2. The van der Waals surface area contributed by atoms with E-state index >= 15 is 0 Å². The standard InChI is InChI=1S/C18H21N3O4/c1-11-7-14-8-13(3-4-16(14)25-11)18(24)21-6-5-20(12(2)22)9-15(10-21)17(19)23/h3-4,7-8,15H,5-6,9-10H2,1-2H3,(H2,19,23)/t15-/m1/s1. The minimum absolute atomic E-state index is 0.129. The van der Waals surface area contributed by atoms with E-state index in [1.54, 1.807) is 28.0 Å². The smallest absolute Gasteiger partial charge is 0.253 e. The molecule has 0 aliphatic carbocycles. The van der Waals surface area contributed by atoms with Gasteiger partial charge in [0.25, 0.3) is 5.91 Å². The average Bonchev–Trinajstić information content (AvgIpc) is 2.78. The first kappa shape index (κ1) is 17.0. The third kappa shape index (κ3) is 3.50. The van der Waals surface area contributed by atoms with Crippen LogP contribution in [0.5, 0.6) is 0 Å². The fourth-order valence-electron chi connectivity index (χ4n) is 3.16. The second kappa shape index (κ2) is 6.58. The van der Waals surface area contributed by atoms with Gasteiger partial charge in [-0.25, -0.2) is 0 Å². The second-order valence-corrected chi connectivity index (χ2v) is 6.43. The van der Waals surface area contributed by atoms with E-state index < -0.39 is 11.8 Å². The first-order chi connectivity index (χ1) is 11.8. The Bertz CT molecular complexity index is 842. The first-order valence-electron chi connectivity index (χ1n) is 8.19. The number of hydrogen-bond donors (Lipinski definition) is 1. The summed E-state index contributed by atoms with van der Waals surface area (Å²) in [5.74, 6) is -0.615. The van der Waals surface area contributed by atoms with Gasteiger partial charge in [0.1, 0.15) is 11.3 Å². The zero-order valence-corrected chi connectivity index (χ0v) is 14.3. The fraction of sp³-hybridized carbons (Fsp3) is 0.389. The highest BCUT2D eigenvalue weighted by Crippen LogP contribution is 2.22. The van der Waals surface area contributed by atoms with Crippen LogP contribution < -0.4 is 5.73 Å². The highest BCUT2D eigenvalue weighted by atomic mass is 16.3.